The van der Waals surface area contributed by atoms with Gasteiger partial charge in [0.1, 0.15) is 6.10 Å². The van der Waals surface area contributed by atoms with E-state index >= 15 is 0 Å². The average Bonchev–Trinajstić information content (AvgIpc) is 2.73. The topological polar surface area (TPSA) is 58.9 Å². The standard InChI is InChI=1S/C10H11ClO4/c11-4-7(12)10(13)6-1-2-8-9(3-6)15-5-14-8/h1-3,7,10,12-13H,4-5H2. The number of rotatable bonds is 3. The van der Waals surface area contributed by atoms with E-state index < -0.39 is 12.2 Å². The molecule has 0 radical (unpaired) electrons. The van der Waals surface area contributed by atoms with Gasteiger partial charge >= 0.3 is 0 Å². The fourth-order valence-electron chi connectivity index (χ4n) is 1.40. The molecule has 82 valence electrons. The van der Waals surface area contributed by atoms with Crippen molar-refractivity contribution in [3.8, 4) is 11.5 Å². The molecule has 0 aliphatic carbocycles. The first-order valence-corrected chi connectivity index (χ1v) is 5.07. The minimum absolute atomic E-state index is 0.0182. The molecule has 2 unspecified atom stereocenters. The van der Waals surface area contributed by atoms with Crippen molar-refractivity contribution in [1.29, 1.82) is 0 Å². The largest absolute Gasteiger partial charge is 0.454 e. The second-order valence-corrected chi connectivity index (χ2v) is 3.59. The van der Waals surface area contributed by atoms with Gasteiger partial charge in [-0.25, -0.2) is 0 Å². The Labute approximate surface area is 92.0 Å². The van der Waals surface area contributed by atoms with Crippen molar-refractivity contribution in [2.45, 2.75) is 12.2 Å². The summed E-state index contributed by atoms with van der Waals surface area (Å²) in [6.07, 6.45) is -1.98. The molecule has 1 aliphatic heterocycles. The van der Waals surface area contributed by atoms with Crippen LogP contribution in [0.1, 0.15) is 11.7 Å². The number of aliphatic hydroxyl groups is 2. The highest BCUT2D eigenvalue weighted by molar-refractivity contribution is 6.18. The quantitative estimate of drug-likeness (QED) is 0.762. The molecule has 5 heteroatoms. The minimum Gasteiger partial charge on any atom is -0.454 e. The van der Waals surface area contributed by atoms with Gasteiger partial charge in [-0.1, -0.05) is 6.07 Å². The molecule has 1 aliphatic rings. The number of ether oxygens (including phenoxy) is 2. The lowest BCUT2D eigenvalue weighted by Crippen LogP contribution is -2.19. The molecule has 1 aromatic rings. The molecule has 0 bridgehead atoms. The van der Waals surface area contributed by atoms with Crippen LogP contribution in [-0.2, 0) is 0 Å². The summed E-state index contributed by atoms with van der Waals surface area (Å²) < 4.78 is 10.3. The van der Waals surface area contributed by atoms with E-state index in [0.29, 0.717) is 17.1 Å². The number of hydrogen-bond donors (Lipinski definition) is 2. The van der Waals surface area contributed by atoms with E-state index in [1.54, 1.807) is 18.2 Å². The lowest BCUT2D eigenvalue weighted by atomic mass is 10.0. The number of fused-ring (bicyclic) bond motifs is 1. The predicted octanol–water partition coefficient (Wildman–Crippen LogP) is 1.05. The van der Waals surface area contributed by atoms with E-state index in [1.807, 2.05) is 0 Å². The van der Waals surface area contributed by atoms with Gasteiger partial charge in [0.15, 0.2) is 11.5 Å². The van der Waals surface area contributed by atoms with E-state index in [-0.39, 0.29) is 12.7 Å². The normalized spacial score (nSPS) is 17.5. The Bertz CT molecular complexity index is 355. The van der Waals surface area contributed by atoms with Crippen molar-refractivity contribution >= 4 is 11.6 Å². The van der Waals surface area contributed by atoms with Gasteiger partial charge in [0.25, 0.3) is 0 Å². The van der Waals surface area contributed by atoms with Gasteiger partial charge < -0.3 is 19.7 Å². The first-order valence-electron chi connectivity index (χ1n) is 4.54. The molecule has 0 saturated heterocycles. The number of hydrogen-bond acceptors (Lipinski definition) is 4. The fraction of sp³-hybridized carbons (Fsp3) is 0.400. The third-order valence-electron chi connectivity index (χ3n) is 2.26. The van der Waals surface area contributed by atoms with Crippen molar-refractivity contribution in [2.75, 3.05) is 12.7 Å². The summed E-state index contributed by atoms with van der Waals surface area (Å²) in [7, 11) is 0. The Morgan fingerprint density at radius 1 is 1.27 bits per heavy atom. The Morgan fingerprint density at radius 3 is 2.73 bits per heavy atom. The third-order valence-corrected chi connectivity index (χ3v) is 2.58. The summed E-state index contributed by atoms with van der Waals surface area (Å²) in [5.74, 6) is 1.20. The SMILES string of the molecule is OC(CCl)C(O)c1ccc2c(c1)OCO2. The second-order valence-electron chi connectivity index (χ2n) is 3.28. The molecule has 2 atom stereocenters. The lowest BCUT2D eigenvalue weighted by molar-refractivity contribution is 0.0326. The first kappa shape index (κ1) is 10.5. The van der Waals surface area contributed by atoms with Crippen LogP contribution < -0.4 is 9.47 Å². The number of halogens is 1. The summed E-state index contributed by atoms with van der Waals surface area (Å²) in [6.45, 7) is 0.187. The van der Waals surface area contributed by atoms with E-state index in [1.165, 1.54) is 0 Å². The third kappa shape index (κ3) is 2.02. The van der Waals surface area contributed by atoms with Crippen LogP contribution in [0.5, 0.6) is 11.5 Å². The zero-order chi connectivity index (χ0) is 10.8. The van der Waals surface area contributed by atoms with Crippen LogP contribution in [0.4, 0.5) is 0 Å². The van der Waals surface area contributed by atoms with Crippen LogP contribution in [-0.4, -0.2) is 29.0 Å². The molecule has 0 aromatic heterocycles. The molecule has 0 saturated carbocycles. The van der Waals surface area contributed by atoms with Gasteiger partial charge in [0.05, 0.1) is 12.0 Å². The maximum atomic E-state index is 9.69. The molecular weight excluding hydrogens is 220 g/mol. The van der Waals surface area contributed by atoms with Crippen molar-refractivity contribution < 1.29 is 19.7 Å². The molecular formula is C10H11ClO4. The highest BCUT2D eigenvalue weighted by atomic mass is 35.5. The van der Waals surface area contributed by atoms with Gasteiger partial charge in [-0.3, -0.25) is 0 Å². The second kappa shape index (κ2) is 4.26. The van der Waals surface area contributed by atoms with Crippen LogP contribution in [0.2, 0.25) is 0 Å². The van der Waals surface area contributed by atoms with Crippen LogP contribution >= 0.6 is 11.6 Å². The maximum absolute atomic E-state index is 9.69. The highest BCUT2D eigenvalue weighted by Crippen LogP contribution is 2.34. The van der Waals surface area contributed by atoms with Crippen LogP contribution in [0.15, 0.2) is 18.2 Å². The van der Waals surface area contributed by atoms with Gasteiger partial charge in [-0.15, -0.1) is 11.6 Å². The van der Waals surface area contributed by atoms with Gasteiger partial charge in [-0.2, -0.15) is 0 Å². The molecule has 0 amide bonds. The smallest absolute Gasteiger partial charge is 0.231 e. The Hall–Kier alpha value is -0.970. The summed E-state index contributed by atoms with van der Waals surface area (Å²) in [5, 5.41) is 19.1. The van der Waals surface area contributed by atoms with Crippen molar-refractivity contribution in [3.63, 3.8) is 0 Å². The number of alkyl halides is 1. The predicted molar refractivity (Wildman–Crippen MR) is 54.3 cm³/mol. The summed E-state index contributed by atoms with van der Waals surface area (Å²) in [5.41, 5.74) is 0.562. The molecule has 1 heterocycles. The van der Waals surface area contributed by atoms with Crippen LogP contribution in [0.3, 0.4) is 0 Å². The van der Waals surface area contributed by atoms with Crippen molar-refractivity contribution in [3.05, 3.63) is 23.8 Å². The number of benzene rings is 1. The minimum atomic E-state index is -1.00. The van der Waals surface area contributed by atoms with E-state index in [9.17, 15) is 10.2 Å². The van der Waals surface area contributed by atoms with Crippen LogP contribution in [0.25, 0.3) is 0 Å². The van der Waals surface area contributed by atoms with Crippen molar-refractivity contribution in [2.24, 2.45) is 0 Å². The number of aliphatic hydroxyl groups excluding tert-OH is 2. The Kier molecular flexibility index (Phi) is 3.00. The van der Waals surface area contributed by atoms with Crippen molar-refractivity contribution in [1.82, 2.24) is 0 Å². The zero-order valence-corrected chi connectivity index (χ0v) is 8.65. The molecule has 15 heavy (non-hydrogen) atoms. The maximum Gasteiger partial charge on any atom is 0.231 e. The molecule has 0 fully saturated rings. The first-order chi connectivity index (χ1) is 7.22. The van der Waals surface area contributed by atoms with Gasteiger partial charge in [-0.05, 0) is 17.7 Å². The summed E-state index contributed by atoms with van der Waals surface area (Å²) >= 11 is 5.45. The molecule has 2 rings (SSSR count). The lowest BCUT2D eigenvalue weighted by Gasteiger charge is -2.15. The molecule has 4 nitrogen and oxygen atoms in total. The Morgan fingerprint density at radius 2 is 2.00 bits per heavy atom. The molecule has 0 spiro atoms. The highest BCUT2D eigenvalue weighted by Gasteiger charge is 2.21. The Balaban J connectivity index is 2.22. The monoisotopic (exact) mass is 230 g/mol. The fourth-order valence-corrected chi connectivity index (χ4v) is 1.57. The van der Waals surface area contributed by atoms with E-state index in [4.69, 9.17) is 21.1 Å². The molecule has 2 N–H and O–H groups in total. The van der Waals surface area contributed by atoms with E-state index in [0.717, 1.165) is 0 Å². The summed E-state index contributed by atoms with van der Waals surface area (Å²) in [4.78, 5) is 0. The molecule has 1 aromatic carbocycles. The zero-order valence-electron chi connectivity index (χ0n) is 7.89. The van der Waals surface area contributed by atoms with E-state index in [2.05, 4.69) is 0 Å². The average molecular weight is 231 g/mol. The van der Waals surface area contributed by atoms with Gasteiger partial charge in [0, 0.05) is 0 Å². The van der Waals surface area contributed by atoms with Crippen LogP contribution in [0, 0.1) is 0 Å². The summed E-state index contributed by atoms with van der Waals surface area (Å²) in [6, 6.07) is 5.01. The van der Waals surface area contributed by atoms with Gasteiger partial charge in [0.2, 0.25) is 6.79 Å².